The number of anilines is 4. The van der Waals surface area contributed by atoms with E-state index in [0.717, 1.165) is 216 Å². The third-order valence-corrected chi connectivity index (χ3v) is 20.9. The first-order chi connectivity index (χ1) is 58.7. The topological polar surface area (TPSA) is 286 Å². The maximum atomic E-state index is 11.1. The minimum atomic E-state index is -0.816. The van der Waals surface area contributed by atoms with Gasteiger partial charge in [-0.2, -0.15) is 0 Å². The molecule has 3 aliphatic rings. The summed E-state index contributed by atoms with van der Waals surface area (Å²) in [5.74, 6) is 4.11. The van der Waals surface area contributed by atoms with Gasteiger partial charge in [-0.05, 0) is 246 Å². The van der Waals surface area contributed by atoms with E-state index in [-0.39, 0.29) is 25.7 Å². The Kier molecular flexibility index (Phi) is 32.9. The lowest BCUT2D eigenvalue weighted by Crippen LogP contribution is -2.14. The third kappa shape index (κ3) is 28.5. The predicted molar refractivity (Wildman–Crippen MR) is 471 cm³/mol. The van der Waals surface area contributed by atoms with Crippen LogP contribution in [0.3, 0.4) is 0 Å². The van der Waals surface area contributed by atoms with E-state index in [1.807, 2.05) is 176 Å². The number of pyridine rings is 4. The van der Waals surface area contributed by atoms with Gasteiger partial charge in [0, 0.05) is 81.6 Å². The van der Waals surface area contributed by atoms with E-state index in [1.165, 1.54) is 34.2 Å². The van der Waals surface area contributed by atoms with E-state index < -0.39 is 23.9 Å². The van der Waals surface area contributed by atoms with Crippen LogP contribution < -0.4 is 40.2 Å². The maximum Gasteiger partial charge on any atom is 0.307 e. The summed E-state index contributed by atoms with van der Waals surface area (Å²) in [6, 6.07) is 82.3. The Morgan fingerprint density at radius 2 is 0.692 bits per heavy atom. The van der Waals surface area contributed by atoms with Crippen molar-refractivity contribution in [2.24, 2.45) is 0 Å². The fraction of sp³-hybridized carbons (Fsp3) is 0.280. The van der Waals surface area contributed by atoms with Gasteiger partial charge in [0.15, 0.2) is 0 Å². The number of carboxylic acid groups (broad SMARTS) is 4. The van der Waals surface area contributed by atoms with Crippen LogP contribution in [0.5, 0.6) is 23.0 Å². The number of hydrogen-bond acceptors (Lipinski definition) is 16. The van der Waals surface area contributed by atoms with Gasteiger partial charge in [0.2, 0.25) is 0 Å². The van der Waals surface area contributed by atoms with E-state index >= 15 is 0 Å². The second-order valence-electron chi connectivity index (χ2n) is 30.0. The van der Waals surface area contributed by atoms with Crippen LogP contribution in [0.4, 0.5) is 23.3 Å². The predicted octanol–water partition coefficient (Wildman–Crippen LogP) is 17.8. The Morgan fingerprint density at radius 3 is 1.07 bits per heavy atom. The number of benzene rings is 8. The van der Waals surface area contributed by atoms with Crippen molar-refractivity contribution in [3.63, 3.8) is 0 Å². The zero-order chi connectivity index (χ0) is 83.3. The first-order valence-corrected chi connectivity index (χ1v) is 41.6. The van der Waals surface area contributed by atoms with E-state index in [2.05, 4.69) is 99.0 Å². The molecule has 0 bridgehead atoms. The van der Waals surface area contributed by atoms with Gasteiger partial charge >= 0.3 is 23.9 Å². The highest BCUT2D eigenvalue weighted by Gasteiger charge is 2.17. The molecule has 0 spiro atoms. The molecule has 7 heterocycles. The van der Waals surface area contributed by atoms with Crippen LogP contribution in [0, 0.1) is 0 Å². The quantitative estimate of drug-likeness (QED) is 0.0169. The van der Waals surface area contributed by atoms with Crippen molar-refractivity contribution < 1.29 is 58.6 Å². The van der Waals surface area contributed by atoms with Gasteiger partial charge in [0.1, 0.15) is 46.3 Å². The highest BCUT2D eigenvalue weighted by molar-refractivity contribution is 5.72. The molecule has 3 aliphatic heterocycles. The molecule has 12 aromatic rings. The molecule has 120 heavy (non-hydrogen) atoms. The number of ether oxygens (including phenoxy) is 4. The molecule has 0 saturated heterocycles. The molecule has 0 atom stereocenters. The number of aromatic nitrogens is 4. The van der Waals surface area contributed by atoms with Crippen LogP contribution in [0.25, 0.3) is 0 Å². The van der Waals surface area contributed by atoms with Crippen molar-refractivity contribution in [3.05, 3.63) is 355 Å². The minimum absolute atomic E-state index is 0.0373. The van der Waals surface area contributed by atoms with Crippen LogP contribution in [-0.4, -0.2) is 117 Å². The first-order valence-electron chi connectivity index (χ1n) is 41.6. The van der Waals surface area contributed by atoms with Gasteiger partial charge in [-0.3, -0.25) is 19.2 Å². The van der Waals surface area contributed by atoms with Gasteiger partial charge in [-0.15, -0.1) is 0 Å². The lowest BCUT2D eigenvalue weighted by atomic mass is 9.97. The van der Waals surface area contributed by atoms with Gasteiger partial charge in [0.25, 0.3) is 0 Å². The molecular weight excluding hydrogens is 1510 g/mol. The molecule has 0 saturated carbocycles. The zero-order valence-electron chi connectivity index (χ0n) is 67.9. The molecule has 0 unspecified atom stereocenters. The highest BCUT2D eigenvalue weighted by atomic mass is 16.5. The van der Waals surface area contributed by atoms with Crippen LogP contribution in [0.1, 0.15) is 139 Å². The summed E-state index contributed by atoms with van der Waals surface area (Å²) in [7, 11) is 0. The molecule has 8 aromatic carbocycles. The second-order valence-corrected chi connectivity index (χ2v) is 30.0. The molecule has 0 aliphatic carbocycles. The molecule has 0 fully saturated rings. The molecule has 15 rings (SSSR count). The second kappa shape index (κ2) is 46.0. The van der Waals surface area contributed by atoms with E-state index in [9.17, 15) is 19.2 Å². The number of aliphatic carboxylic acids is 4. The highest BCUT2D eigenvalue weighted by Crippen LogP contribution is 2.28. The van der Waals surface area contributed by atoms with Gasteiger partial charge in [-0.1, -0.05) is 170 Å². The van der Waals surface area contributed by atoms with Gasteiger partial charge in [-0.25, -0.2) is 19.9 Å². The van der Waals surface area contributed by atoms with Crippen molar-refractivity contribution in [2.45, 2.75) is 128 Å². The van der Waals surface area contributed by atoms with Crippen molar-refractivity contribution in [2.75, 3.05) is 73.9 Å². The molecule has 0 amide bonds. The average molecular weight is 1610 g/mol. The summed E-state index contributed by atoms with van der Waals surface area (Å²) in [4.78, 5) is 62.3. The number of nitrogens with zero attached hydrogens (tertiary/aromatic N) is 4. The monoisotopic (exact) mass is 1610 g/mol. The maximum absolute atomic E-state index is 11.1. The molecular formula is C100H106N8O12. The Balaban J connectivity index is 0.000000147. The SMILES string of the molecule is O=C(O)CCc1ccccc1Cc1ccc(OCCc2ccc3c(n2)NCCC3)cc1.O=C(O)CCc1ccccc1Cc1cccc(OCCc2ccc3c(n2)NCCC3)c1.O=C(O)Cc1ccccc1Cc1ccc(OCCc2ccc3c(n2)NCCC3)cc1.O=C(O)Cc1ccccc1Cc1cccc(OCCCNc2ccccn2)c1. The Morgan fingerprint density at radius 1 is 0.333 bits per heavy atom. The van der Waals surface area contributed by atoms with Gasteiger partial charge in [0.05, 0.1) is 39.3 Å². The standard InChI is InChI=1S/2C26H28N2O3.C25H26N2O3.C23H24N2O3/c29-25(30)13-11-20-6-1-2-7-22(20)17-19-5-3-9-24(18-19)31-16-14-23-12-10-21-8-4-15-27-26(21)28-23;29-25(30)14-10-20-4-1-2-5-22(20)18-19-7-12-24(13-8-19)31-17-15-23-11-9-21-6-3-16-27-26(21)28-23;28-24(29)17-21-5-2-1-4-20(21)16-18-7-11-23(12-8-18)30-15-13-22-10-9-19-6-3-14-26-25(19)27-22;26-23(27)17-20-9-2-1-8-19(20)15-18-7-5-10-21(16-18)28-14-6-13-25-22-11-3-4-12-24-22/h1-3,5-7,9-10,12,18H,4,8,11,13-17H2,(H,27,28)(H,29,30);1-2,4-5,7-9,11-13H,3,6,10,14-18H2,(H,27,28)(H,29,30);1-2,4-5,7-12H,3,6,13-17H2,(H,26,27)(H,28,29);1-5,7-12,16H,6,13-15,17H2,(H,24,25)(H,26,27). The smallest absolute Gasteiger partial charge is 0.307 e. The zero-order valence-corrected chi connectivity index (χ0v) is 67.9. The van der Waals surface area contributed by atoms with Crippen LogP contribution >= 0.6 is 0 Å². The number of rotatable bonds is 36. The lowest BCUT2D eigenvalue weighted by Gasteiger charge is -2.17. The summed E-state index contributed by atoms with van der Waals surface area (Å²) >= 11 is 0. The molecule has 8 N–H and O–H groups in total. The minimum Gasteiger partial charge on any atom is -0.494 e. The third-order valence-electron chi connectivity index (χ3n) is 20.9. The molecule has 0 radical (unpaired) electrons. The van der Waals surface area contributed by atoms with Gasteiger partial charge < -0.3 is 60.6 Å². The number of carbonyl (C=O) groups is 4. The largest absolute Gasteiger partial charge is 0.494 e. The Labute approximate surface area is 702 Å². The van der Waals surface area contributed by atoms with Crippen LogP contribution in [0.15, 0.2) is 255 Å². The van der Waals surface area contributed by atoms with Crippen LogP contribution in [0.2, 0.25) is 0 Å². The molecule has 20 heteroatoms. The van der Waals surface area contributed by atoms with E-state index in [1.54, 1.807) is 6.20 Å². The number of hydrogen-bond donors (Lipinski definition) is 8. The van der Waals surface area contributed by atoms with Crippen molar-refractivity contribution in [1.29, 1.82) is 0 Å². The summed E-state index contributed by atoms with van der Waals surface area (Å²) in [5.41, 5.74) is 19.9. The molecule has 618 valence electrons. The van der Waals surface area contributed by atoms with Crippen molar-refractivity contribution in [1.82, 2.24) is 19.9 Å². The average Bonchev–Trinajstić information content (AvgIpc) is 0.861. The molecule has 4 aromatic heterocycles. The van der Waals surface area contributed by atoms with Crippen LogP contribution in [-0.2, 0) is 109 Å². The van der Waals surface area contributed by atoms with Crippen molar-refractivity contribution >= 4 is 47.1 Å². The van der Waals surface area contributed by atoms with E-state index in [4.69, 9.17) is 54.3 Å². The van der Waals surface area contributed by atoms with E-state index in [0.29, 0.717) is 52.1 Å². The number of carboxylic acids is 4. The number of nitrogens with one attached hydrogen (secondary N) is 4. The summed E-state index contributed by atoms with van der Waals surface area (Å²) in [5, 5.41) is 49.5. The fourth-order valence-corrected chi connectivity index (χ4v) is 14.6. The summed E-state index contributed by atoms with van der Waals surface area (Å²) < 4.78 is 23.7. The first kappa shape index (κ1) is 86.0. The Bertz CT molecular complexity index is 5300. The summed E-state index contributed by atoms with van der Waals surface area (Å²) in [6.07, 6.45) is 16.1. The number of fused-ring (bicyclic) bond motifs is 3. The Hall–Kier alpha value is -13.4. The number of aryl methyl sites for hydroxylation is 5. The normalized spacial score (nSPS) is 12.1. The lowest BCUT2D eigenvalue weighted by molar-refractivity contribution is -0.138. The van der Waals surface area contributed by atoms with Crippen molar-refractivity contribution in [3.8, 4) is 23.0 Å². The molecule has 20 nitrogen and oxygen atoms in total. The summed E-state index contributed by atoms with van der Waals surface area (Å²) in [6.45, 7) is 6.12. The fourth-order valence-electron chi connectivity index (χ4n) is 14.6.